The molecule has 4 heteroatoms. The molecule has 0 unspecified atom stereocenters. The number of H-pyrrole nitrogens is 1. The van der Waals surface area contributed by atoms with Gasteiger partial charge in [-0.1, -0.05) is 0 Å². The highest BCUT2D eigenvalue weighted by atomic mass is 15.1. The number of nitrogens with zero attached hydrogens (tertiary/aromatic N) is 3. The molecule has 3 aromatic rings. The maximum Gasteiger partial charge on any atom is 0.137 e. The van der Waals surface area contributed by atoms with Gasteiger partial charge in [0.25, 0.3) is 0 Å². The van der Waals surface area contributed by atoms with Crippen LogP contribution >= 0.6 is 0 Å². The normalized spacial score (nSPS) is 11.0. The second kappa shape index (κ2) is 2.95. The minimum atomic E-state index is 0.952. The second-order valence-corrected chi connectivity index (χ2v) is 3.48. The van der Waals surface area contributed by atoms with Crippen molar-refractivity contribution in [3.8, 4) is 11.3 Å². The van der Waals surface area contributed by atoms with Crippen LogP contribution < -0.4 is 0 Å². The molecule has 0 bridgehead atoms. The number of aromatic amines is 1. The third-order valence-electron chi connectivity index (χ3n) is 2.53. The van der Waals surface area contributed by atoms with Gasteiger partial charge in [-0.3, -0.25) is 5.10 Å². The molecule has 3 heterocycles. The van der Waals surface area contributed by atoms with Crippen molar-refractivity contribution in [1.82, 2.24) is 19.6 Å². The Kier molecular flexibility index (Phi) is 1.62. The fourth-order valence-electron chi connectivity index (χ4n) is 1.77. The summed E-state index contributed by atoms with van der Waals surface area (Å²) >= 11 is 0. The van der Waals surface area contributed by atoms with Crippen LogP contribution in [0.3, 0.4) is 0 Å². The first-order chi connectivity index (χ1) is 7.36. The van der Waals surface area contributed by atoms with Gasteiger partial charge in [-0.25, -0.2) is 4.98 Å². The van der Waals surface area contributed by atoms with E-state index in [4.69, 9.17) is 0 Å². The third-order valence-corrected chi connectivity index (χ3v) is 2.53. The van der Waals surface area contributed by atoms with Crippen LogP contribution in [-0.4, -0.2) is 19.6 Å². The summed E-state index contributed by atoms with van der Waals surface area (Å²) in [5.74, 6) is 0. The highest BCUT2D eigenvalue weighted by molar-refractivity contribution is 5.66. The van der Waals surface area contributed by atoms with Crippen LogP contribution in [0.1, 0.15) is 5.69 Å². The molecule has 0 saturated heterocycles. The lowest BCUT2D eigenvalue weighted by Crippen LogP contribution is -1.89. The van der Waals surface area contributed by atoms with Gasteiger partial charge in [-0.05, 0) is 25.1 Å². The largest absolute Gasteiger partial charge is 0.301 e. The quantitative estimate of drug-likeness (QED) is 0.650. The maximum absolute atomic E-state index is 4.27. The molecule has 0 fully saturated rings. The van der Waals surface area contributed by atoms with Crippen molar-refractivity contribution in [2.75, 3.05) is 0 Å². The van der Waals surface area contributed by atoms with Gasteiger partial charge in [-0.2, -0.15) is 5.10 Å². The zero-order chi connectivity index (χ0) is 10.3. The van der Waals surface area contributed by atoms with Crippen molar-refractivity contribution < 1.29 is 0 Å². The van der Waals surface area contributed by atoms with Gasteiger partial charge in [0.15, 0.2) is 0 Å². The van der Waals surface area contributed by atoms with Gasteiger partial charge >= 0.3 is 0 Å². The lowest BCUT2D eigenvalue weighted by molar-refractivity contribution is 1.05. The average molecular weight is 198 g/mol. The molecule has 15 heavy (non-hydrogen) atoms. The molecule has 0 spiro atoms. The zero-order valence-electron chi connectivity index (χ0n) is 8.31. The van der Waals surface area contributed by atoms with E-state index >= 15 is 0 Å². The highest BCUT2D eigenvalue weighted by Crippen LogP contribution is 2.22. The lowest BCUT2D eigenvalue weighted by atomic mass is 10.2. The van der Waals surface area contributed by atoms with E-state index in [0.29, 0.717) is 0 Å². The van der Waals surface area contributed by atoms with Crippen molar-refractivity contribution in [3.63, 3.8) is 0 Å². The summed E-state index contributed by atoms with van der Waals surface area (Å²) in [5, 5.41) is 6.96. The topological polar surface area (TPSA) is 46.0 Å². The first-order valence-electron chi connectivity index (χ1n) is 4.79. The second-order valence-electron chi connectivity index (χ2n) is 3.48. The predicted octanol–water partition coefficient (Wildman–Crippen LogP) is 2.03. The zero-order valence-corrected chi connectivity index (χ0v) is 8.31. The van der Waals surface area contributed by atoms with Crippen LogP contribution in [0, 0.1) is 6.92 Å². The van der Waals surface area contributed by atoms with Crippen LogP contribution in [0.5, 0.6) is 0 Å². The molecule has 0 amide bonds. The molecule has 1 N–H and O–H groups in total. The van der Waals surface area contributed by atoms with E-state index in [0.717, 1.165) is 22.6 Å². The van der Waals surface area contributed by atoms with Gasteiger partial charge < -0.3 is 4.40 Å². The molecule has 0 radical (unpaired) electrons. The molecule has 4 nitrogen and oxygen atoms in total. The summed E-state index contributed by atoms with van der Waals surface area (Å²) < 4.78 is 2.05. The minimum absolute atomic E-state index is 0.952. The monoisotopic (exact) mass is 198 g/mol. The Morgan fingerprint density at radius 3 is 3.07 bits per heavy atom. The predicted molar refractivity (Wildman–Crippen MR) is 57.5 cm³/mol. The third kappa shape index (κ3) is 1.15. The molecule has 0 saturated carbocycles. The van der Waals surface area contributed by atoms with E-state index in [1.54, 1.807) is 6.20 Å². The molecular weight excluding hydrogens is 188 g/mol. The summed E-state index contributed by atoms with van der Waals surface area (Å²) in [5.41, 5.74) is 4.25. The Hall–Kier alpha value is -2.10. The van der Waals surface area contributed by atoms with E-state index in [1.165, 1.54) is 0 Å². The van der Waals surface area contributed by atoms with E-state index in [9.17, 15) is 0 Å². The molecular formula is C11H10N4. The molecule has 0 aliphatic carbocycles. The summed E-state index contributed by atoms with van der Waals surface area (Å²) in [6.07, 6.45) is 5.63. The Balaban J connectivity index is 2.32. The fourth-order valence-corrected chi connectivity index (χ4v) is 1.77. The van der Waals surface area contributed by atoms with Gasteiger partial charge in [0.05, 0.1) is 11.9 Å². The molecule has 0 aliphatic heterocycles. The molecule has 0 atom stereocenters. The van der Waals surface area contributed by atoms with Gasteiger partial charge in [-0.15, -0.1) is 0 Å². The molecule has 0 aromatic carbocycles. The Bertz CT molecular complexity index is 606. The van der Waals surface area contributed by atoms with Crippen molar-refractivity contribution in [2.45, 2.75) is 6.92 Å². The fraction of sp³-hybridized carbons (Fsp3) is 0.0909. The number of hydrogen-bond donors (Lipinski definition) is 1. The standard InChI is InChI=1S/C11H10N4/c1-8-9(7-13-14-8)10-3-4-11-12-5-2-6-15(10)11/h2-7H,1H3,(H,13,14). The van der Waals surface area contributed by atoms with Crippen LogP contribution in [0.15, 0.2) is 36.8 Å². The smallest absolute Gasteiger partial charge is 0.137 e. The highest BCUT2D eigenvalue weighted by Gasteiger charge is 2.08. The van der Waals surface area contributed by atoms with E-state index in [1.807, 2.05) is 31.5 Å². The Morgan fingerprint density at radius 2 is 2.27 bits per heavy atom. The number of rotatable bonds is 1. The molecule has 74 valence electrons. The average Bonchev–Trinajstić information content (AvgIpc) is 2.83. The van der Waals surface area contributed by atoms with Gasteiger partial charge in [0, 0.05) is 23.7 Å². The number of hydrogen-bond acceptors (Lipinski definition) is 2. The molecule has 3 aromatic heterocycles. The van der Waals surface area contributed by atoms with Gasteiger partial charge in [0.2, 0.25) is 0 Å². The van der Waals surface area contributed by atoms with Crippen LogP contribution in [0.2, 0.25) is 0 Å². The van der Waals surface area contributed by atoms with Crippen LogP contribution in [-0.2, 0) is 0 Å². The first kappa shape index (κ1) is 8.23. The Labute approximate surface area is 86.6 Å². The number of fused-ring (bicyclic) bond motifs is 1. The maximum atomic E-state index is 4.27. The van der Waals surface area contributed by atoms with E-state index in [-0.39, 0.29) is 0 Å². The molecule has 0 aliphatic rings. The number of aryl methyl sites for hydroxylation is 1. The summed E-state index contributed by atoms with van der Waals surface area (Å²) in [4.78, 5) is 4.27. The number of nitrogens with one attached hydrogen (secondary N) is 1. The van der Waals surface area contributed by atoms with E-state index in [2.05, 4.69) is 25.6 Å². The van der Waals surface area contributed by atoms with Crippen LogP contribution in [0.25, 0.3) is 16.9 Å². The van der Waals surface area contributed by atoms with Crippen molar-refractivity contribution in [3.05, 3.63) is 42.5 Å². The lowest BCUT2D eigenvalue weighted by Gasteiger charge is -2.00. The van der Waals surface area contributed by atoms with Crippen molar-refractivity contribution in [2.24, 2.45) is 0 Å². The Morgan fingerprint density at radius 1 is 1.33 bits per heavy atom. The molecule has 3 rings (SSSR count). The summed E-state index contributed by atoms with van der Waals surface area (Å²) in [6, 6.07) is 5.98. The van der Waals surface area contributed by atoms with Crippen molar-refractivity contribution >= 4 is 5.65 Å². The summed E-state index contributed by atoms with van der Waals surface area (Å²) in [6.45, 7) is 2.01. The van der Waals surface area contributed by atoms with Crippen LogP contribution in [0.4, 0.5) is 0 Å². The van der Waals surface area contributed by atoms with Crippen molar-refractivity contribution in [1.29, 1.82) is 0 Å². The van der Waals surface area contributed by atoms with Gasteiger partial charge in [0.1, 0.15) is 5.65 Å². The summed E-state index contributed by atoms with van der Waals surface area (Å²) in [7, 11) is 0. The SMILES string of the molecule is Cc1[nH]ncc1-c1ccc2ncccn12. The first-order valence-corrected chi connectivity index (χ1v) is 4.79. The number of aromatic nitrogens is 4. The van der Waals surface area contributed by atoms with E-state index < -0.39 is 0 Å². The minimum Gasteiger partial charge on any atom is -0.301 e.